The van der Waals surface area contributed by atoms with Crippen molar-refractivity contribution >= 4 is 21.7 Å². The van der Waals surface area contributed by atoms with E-state index in [0.29, 0.717) is 6.42 Å². The van der Waals surface area contributed by atoms with Gasteiger partial charge in [0.15, 0.2) is 5.78 Å². The average molecular weight is 294 g/mol. The Morgan fingerprint density at radius 2 is 2.12 bits per heavy atom. The van der Waals surface area contributed by atoms with Crippen molar-refractivity contribution in [3.05, 3.63) is 40.1 Å². The zero-order valence-electron chi connectivity index (χ0n) is 10.2. The molecule has 0 radical (unpaired) electrons. The summed E-state index contributed by atoms with van der Waals surface area (Å²) >= 11 is 3.37. The highest BCUT2D eigenvalue weighted by Gasteiger charge is 2.27. The molecule has 0 amide bonds. The Hall–Kier alpha value is -0.960. The number of halogens is 1. The van der Waals surface area contributed by atoms with Gasteiger partial charge in [-0.3, -0.25) is 9.78 Å². The highest BCUT2D eigenvalue weighted by Crippen LogP contribution is 2.34. The number of hydrogen-bond acceptors (Lipinski definition) is 2. The molecule has 90 valence electrons. The van der Waals surface area contributed by atoms with Gasteiger partial charge in [0, 0.05) is 29.2 Å². The van der Waals surface area contributed by atoms with Crippen molar-refractivity contribution in [3.8, 4) is 0 Å². The lowest BCUT2D eigenvalue weighted by molar-refractivity contribution is -0.117. The van der Waals surface area contributed by atoms with Crippen LogP contribution >= 0.6 is 15.9 Å². The first-order valence-electron chi connectivity index (χ1n) is 5.77. The Balaban J connectivity index is 2.13. The summed E-state index contributed by atoms with van der Waals surface area (Å²) in [6.45, 7) is 4.29. The Labute approximate surface area is 110 Å². The van der Waals surface area contributed by atoms with E-state index in [2.05, 4.69) is 34.8 Å². The monoisotopic (exact) mass is 293 g/mol. The summed E-state index contributed by atoms with van der Waals surface area (Å²) in [5.74, 6) is 0.244. The maximum absolute atomic E-state index is 11.6. The average Bonchev–Trinajstić information content (AvgIpc) is 2.18. The summed E-state index contributed by atoms with van der Waals surface area (Å²) in [6, 6.07) is 3.98. The van der Waals surface area contributed by atoms with Crippen LogP contribution in [0, 0.1) is 5.41 Å². The van der Waals surface area contributed by atoms with E-state index in [9.17, 15) is 4.79 Å². The molecular formula is C14H16BrNO. The molecule has 1 aliphatic rings. The molecule has 3 heteroatoms. The third kappa shape index (κ3) is 3.50. The second kappa shape index (κ2) is 4.73. The van der Waals surface area contributed by atoms with Crippen LogP contribution in [0.25, 0.3) is 0 Å². The Morgan fingerprint density at radius 1 is 1.35 bits per heavy atom. The van der Waals surface area contributed by atoms with Crippen molar-refractivity contribution in [1.82, 2.24) is 4.98 Å². The largest absolute Gasteiger partial charge is 0.295 e. The number of carbonyl (C=O) groups excluding carboxylic acids is 1. The number of allylic oxidation sites excluding steroid dienone is 2. The first-order chi connectivity index (χ1) is 7.94. The maximum atomic E-state index is 11.6. The SMILES string of the molecule is CC1(C)CC(=O)C=C(Cc2ccc(Br)cn2)C1. The number of hydrogen-bond donors (Lipinski definition) is 0. The molecule has 2 nitrogen and oxygen atoms in total. The zero-order chi connectivity index (χ0) is 12.5. The second-order valence-corrected chi connectivity index (χ2v) is 6.35. The van der Waals surface area contributed by atoms with Crippen LogP contribution in [0.1, 0.15) is 32.4 Å². The molecule has 0 spiro atoms. The molecule has 1 aromatic rings. The van der Waals surface area contributed by atoms with Crippen molar-refractivity contribution in [2.24, 2.45) is 5.41 Å². The summed E-state index contributed by atoms with van der Waals surface area (Å²) < 4.78 is 0.982. The van der Waals surface area contributed by atoms with Gasteiger partial charge in [-0.05, 0) is 46.0 Å². The third-order valence-electron chi connectivity index (χ3n) is 2.92. The quantitative estimate of drug-likeness (QED) is 0.832. The van der Waals surface area contributed by atoms with Gasteiger partial charge in [0.05, 0.1) is 0 Å². The van der Waals surface area contributed by atoms with Crippen LogP contribution in [0.4, 0.5) is 0 Å². The lowest BCUT2D eigenvalue weighted by atomic mass is 9.76. The molecule has 1 aliphatic carbocycles. The van der Waals surface area contributed by atoms with Crippen molar-refractivity contribution in [3.63, 3.8) is 0 Å². The maximum Gasteiger partial charge on any atom is 0.156 e. The first-order valence-corrected chi connectivity index (χ1v) is 6.57. The normalized spacial score (nSPS) is 19.0. The summed E-state index contributed by atoms with van der Waals surface area (Å²) in [4.78, 5) is 16.0. The second-order valence-electron chi connectivity index (χ2n) is 5.43. The van der Waals surface area contributed by atoms with E-state index in [1.54, 1.807) is 12.3 Å². The topological polar surface area (TPSA) is 30.0 Å². The van der Waals surface area contributed by atoms with E-state index >= 15 is 0 Å². The molecule has 0 N–H and O–H groups in total. The fourth-order valence-corrected chi connectivity index (χ4v) is 2.57. The number of ketones is 1. The van der Waals surface area contributed by atoms with Gasteiger partial charge < -0.3 is 0 Å². The van der Waals surface area contributed by atoms with E-state index in [-0.39, 0.29) is 11.2 Å². The van der Waals surface area contributed by atoms with Crippen LogP contribution in [0.3, 0.4) is 0 Å². The van der Waals surface area contributed by atoms with E-state index in [1.165, 1.54) is 5.57 Å². The van der Waals surface area contributed by atoms with Gasteiger partial charge in [0.2, 0.25) is 0 Å². The highest BCUT2D eigenvalue weighted by atomic mass is 79.9. The number of aromatic nitrogens is 1. The predicted molar refractivity (Wildman–Crippen MR) is 71.7 cm³/mol. The van der Waals surface area contributed by atoms with Gasteiger partial charge in [0.25, 0.3) is 0 Å². The summed E-state index contributed by atoms with van der Waals surface area (Å²) in [6.07, 6.45) is 6.02. The van der Waals surface area contributed by atoms with Crippen LogP contribution in [0.2, 0.25) is 0 Å². The molecular weight excluding hydrogens is 278 g/mol. The number of pyridine rings is 1. The van der Waals surface area contributed by atoms with Crippen molar-refractivity contribution in [2.75, 3.05) is 0 Å². The van der Waals surface area contributed by atoms with E-state index in [1.807, 2.05) is 12.1 Å². The van der Waals surface area contributed by atoms with Crippen LogP contribution in [-0.4, -0.2) is 10.8 Å². The van der Waals surface area contributed by atoms with Crippen LogP contribution in [-0.2, 0) is 11.2 Å². The van der Waals surface area contributed by atoms with Crippen LogP contribution < -0.4 is 0 Å². The van der Waals surface area contributed by atoms with E-state index < -0.39 is 0 Å². The molecule has 0 fully saturated rings. The zero-order valence-corrected chi connectivity index (χ0v) is 11.8. The van der Waals surface area contributed by atoms with Crippen LogP contribution in [0.5, 0.6) is 0 Å². The summed E-state index contributed by atoms with van der Waals surface area (Å²) in [5, 5.41) is 0. The Bertz CT molecular complexity index is 460. The fourth-order valence-electron chi connectivity index (χ4n) is 2.34. The minimum Gasteiger partial charge on any atom is -0.295 e. The standard InChI is InChI=1S/C14H16BrNO/c1-14(2)7-10(6-13(17)8-14)5-12-4-3-11(15)9-16-12/h3-4,6,9H,5,7-8H2,1-2H3. The van der Waals surface area contributed by atoms with Gasteiger partial charge in [-0.15, -0.1) is 0 Å². The number of carbonyl (C=O) groups is 1. The summed E-state index contributed by atoms with van der Waals surface area (Å²) in [5.41, 5.74) is 2.31. The molecule has 17 heavy (non-hydrogen) atoms. The molecule has 0 aliphatic heterocycles. The molecule has 0 unspecified atom stereocenters. The molecule has 0 saturated carbocycles. The molecule has 1 heterocycles. The number of rotatable bonds is 2. The summed E-state index contributed by atoms with van der Waals surface area (Å²) in [7, 11) is 0. The minimum atomic E-state index is 0.0938. The fraction of sp³-hybridized carbons (Fsp3) is 0.429. The Kier molecular flexibility index (Phi) is 3.48. The van der Waals surface area contributed by atoms with Crippen molar-refractivity contribution < 1.29 is 4.79 Å². The van der Waals surface area contributed by atoms with Gasteiger partial charge >= 0.3 is 0 Å². The molecule has 0 aromatic carbocycles. The molecule has 0 saturated heterocycles. The van der Waals surface area contributed by atoms with E-state index in [4.69, 9.17) is 0 Å². The molecule has 1 aromatic heterocycles. The number of nitrogens with zero attached hydrogens (tertiary/aromatic N) is 1. The Morgan fingerprint density at radius 3 is 2.71 bits per heavy atom. The van der Waals surface area contributed by atoms with Gasteiger partial charge in [-0.2, -0.15) is 0 Å². The van der Waals surface area contributed by atoms with Crippen LogP contribution in [0.15, 0.2) is 34.5 Å². The minimum absolute atomic E-state index is 0.0938. The molecule has 0 atom stereocenters. The van der Waals surface area contributed by atoms with Gasteiger partial charge in [0.1, 0.15) is 0 Å². The molecule has 0 bridgehead atoms. The van der Waals surface area contributed by atoms with Gasteiger partial charge in [-0.1, -0.05) is 19.4 Å². The first kappa shape index (κ1) is 12.5. The molecule has 2 rings (SSSR count). The lowest BCUT2D eigenvalue weighted by Crippen LogP contribution is -2.22. The lowest BCUT2D eigenvalue weighted by Gasteiger charge is -2.28. The van der Waals surface area contributed by atoms with E-state index in [0.717, 1.165) is 23.0 Å². The highest BCUT2D eigenvalue weighted by molar-refractivity contribution is 9.10. The van der Waals surface area contributed by atoms with Crippen molar-refractivity contribution in [1.29, 1.82) is 0 Å². The predicted octanol–water partition coefficient (Wildman–Crippen LogP) is 3.70. The van der Waals surface area contributed by atoms with Crippen molar-refractivity contribution in [2.45, 2.75) is 33.1 Å². The third-order valence-corrected chi connectivity index (χ3v) is 3.39. The smallest absolute Gasteiger partial charge is 0.156 e. The van der Waals surface area contributed by atoms with Gasteiger partial charge in [-0.25, -0.2) is 0 Å².